The molecule has 0 fully saturated rings. The monoisotopic (exact) mass is 264 g/mol. The molecule has 17 heavy (non-hydrogen) atoms. The summed E-state index contributed by atoms with van der Waals surface area (Å²) in [5.41, 5.74) is -0.875. The Bertz CT molecular complexity index is 509. The van der Waals surface area contributed by atoms with Gasteiger partial charge in [-0.05, 0) is 12.1 Å². The average Bonchev–Trinajstić information content (AvgIpc) is 2.15. The molecule has 3 nitrogen and oxygen atoms in total. The van der Waals surface area contributed by atoms with Crippen LogP contribution >= 0.6 is 0 Å². The zero-order chi connectivity index (χ0) is 13.3. The number of rotatable bonds is 4. The third-order valence-corrected chi connectivity index (χ3v) is 4.40. The zero-order valence-electron chi connectivity index (χ0n) is 9.57. The van der Waals surface area contributed by atoms with Gasteiger partial charge in [-0.3, -0.25) is 0 Å². The zero-order valence-corrected chi connectivity index (χ0v) is 10.4. The molecule has 0 heterocycles. The molecule has 0 aliphatic carbocycles. The quantitative estimate of drug-likeness (QED) is 0.843. The summed E-state index contributed by atoms with van der Waals surface area (Å²) in [7, 11) is -3.88. The molecule has 0 saturated heterocycles. The van der Waals surface area contributed by atoms with Crippen LogP contribution in [0.3, 0.4) is 0 Å². The van der Waals surface area contributed by atoms with E-state index in [1.54, 1.807) is 13.8 Å². The highest BCUT2D eigenvalue weighted by atomic mass is 32.2. The van der Waals surface area contributed by atoms with E-state index >= 15 is 0 Å². The topological polar surface area (TPSA) is 54.4 Å². The van der Waals surface area contributed by atoms with E-state index < -0.39 is 37.5 Å². The second-order valence-electron chi connectivity index (χ2n) is 4.66. The molecule has 0 aliphatic rings. The van der Waals surface area contributed by atoms with Crippen LogP contribution in [0, 0.1) is 17.0 Å². The summed E-state index contributed by atoms with van der Waals surface area (Å²) in [6.45, 7) is 2.76. The Kier molecular flexibility index (Phi) is 3.88. The fourth-order valence-corrected chi connectivity index (χ4v) is 3.27. The van der Waals surface area contributed by atoms with Crippen molar-refractivity contribution in [2.24, 2.45) is 5.41 Å². The number of aliphatic hydroxyl groups excluding tert-OH is 1. The Morgan fingerprint density at radius 2 is 1.88 bits per heavy atom. The van der Waals surface area contributed by atoms with Gasteiger partial charge in [-0.15, -0.1) is 0 Å². The van der Waals surface area contributed by atoms with Crippen LogP contribution < -0.4 is 0 Å². The van der Waals surface area contributed by atoms with E-state index in [1.807, 2.05) is 0 Å². The van der Waals surface area contributed by atoms with Gasteiger partial charge >= 0.3 is 0 Å². The minimum absolute atomic E-state index is 0.338. The molecule has 0 spiro atoms. The van der Waals surface area contributed by atoms with Crippen molar-refractivity contribution >= 4 is 9.84 Å². The molecule has 6 heteroatoms. The van der Waals surface area contributed by atoms with Gasteiger partial charge in [-0.25, -0.2) is 17.2 Å². The standard InChI is InChI=1S/C11H14F2O3S/c1-11(2,6-14)7-17(15,16)10-4-3-8(12)5-9(10)13/h3-5,14H,6-7H2,1-2H3. The lowest BCUT2D eigenvalue weighted by molar-refractivity contribution is 0.178. The lowest BCUT2D eigenvalue weighted by Gasteiger charge is -2.21. The molecule has 1 aromatic rings. The van der Waals surface area contributed by atoms with Crippen molar-refractivity contribution in [1.29, 1.82) is 0 Å². The van der Waals surface area contributed by atoms with Gasteiger partial charge < -0.3 is 5.11 Å². The SMILES string of the molecule is CC(C)(CO)CS(=O)(=O)c1ccc(F)cc1F. The number of benzene rings is 1. The van der Waals surface area contributed by atoms with Gasteiger partial charge in [0.2, 0.25) is 0 Å². The van der Waals surface area contributed by atoms with Crippen LogP contribution in [0.1, 0.15) is 13.8 Å². The third kappa shape index (κ3) is 3.47. The smallest absolute Gasteiger partial charge is 0.181 e. The summed E-state index contributed by atoms with van der Waals surface area (Å²) in [6.07, 6.45) is 0. The molecule has 1 N–H and O–H groups in total. The van der Waals surface area contributed by atoms with Gasteiger partial charge in [0.15, 0.2) is 9.84 Å². The maximum Gasteiger partial charge on any atom is 0.181 e. The van der Waals surface area contributed by atoms with E-state index in [1.165, 1.54) is 0 Å². The average molecular weight is 264 g/mol. The van der Waals surface area contributed by atoms with Crippen molar-refractivity contribution in [3.8, 4) is 0 Å². The van der Waals surface area contributed by atoms with E-state index in [-0.39, 0.29) is 6.61 Å². The largest absolute Gasteiger partial charge is 0.396 e. The van der Waals surface area contributed by atoms with Crippen LogP contribution in [0.5, 0.6) is 0 Å². The van der Waals surface area contributed by atoms with Crippen LogP contribution in [0.2, 0.25) is 0 Å². The van der Waals surface area contributed by atoms with Crippen LogP contribution in [-0.2, 0) is 9.84 Å². The fraction of sp³-hybridized carbons (Fsp3) is 0.455. The molecular formula is C11H14F2O3S. The van der Waals surface area contributed by atoms with Crippen LogP contribution in [0.25, 0.3) is 0 Å². The van der Waals surface area contributed by atoms with Crippen molar-refractivity contribution in [2.75, 3.05) is 12.4 Å². The molecule has 0 aromatic heterocycles. The molecule has 0 bridgehead atoms. The van der Waals surface area contributed by atoms with E-state index in [2.05, 4.69) is 0 Å². The highest BCUT2D eigenvalue weighted by molar-refractivity contribution is 7.91. The van der Waals surface area contributed by atoms with E-state index in [0.29, 0.717) is 6.07 Å². The van der Waals surface area contributed by atoms with Crippen molar-refractivity contribution in [3.05, 3.63) is 29.8 Å². The number of sulfone groups is 1. The first-order valence-corrected chi connectivity index (χ1v) is 6.62. The van der Waals surface area contributed by atoms with Gasteiger partial charge in [-0.2, -0.15) is 0 Å². The van der Waals surface area contributed by atoms with Crippen molar-refractivity contribution < 1.29 is 22.3 Å². The molecular weight excluding hydrogens is 250 g/mol. The highest BCUT2D eigenvalue weighted by Gasteiger charge is 2.29. The molecule has 1 aromatic carbocycles. The second kappa shape index (κ2) is 4.70. The molecule has 0 aliphatic heterocycles. The number of halogens is 2. The van der Waals surface area contributed by atoms with E-state index in [0.717, 1.165) is 12.1 Å². The summed E-state index contributed by atoms with van der Waals surface area (Å²) >= 11 is 0. The summed E-state index contributed by atoms with van der Waals surface area (Å²) in [5, 5.41) is 9.00. The first-order valence-electron chi connectivity index (χ1n) is 4.97. The van der Waals surface area contributed by atoms with Crippen LogP contribution in [0.15, 0.2) is 23.1 Å². The molecule has 0 radical (unpaired) electrons. The predicted molar refractivity (Wildman–Crippen MR) is 59.3 cm³/mol. The van der Waals surface area contributed by atoms with Crippen molar-refractivity contribution in [2.45, 2.75) is 18.7 Å². The number of aliphatic hydroxyl groups is 1. The Morgan fingerprint density at radius 1 is 1.29 bits per heavy atom. The van der Waals surface area contributed by atoms with Gasteiger partial charge in [0, 0.05) is 18.1 Å². The molecule has 0 atom stereocenters. The van der Waals surface area contributed by atoms with Crippen LogP contribution in [-0.4, -0.2) is 25.9 Å². The Balaban J connectivity index is 3.14. The molecule has 1 rings (SSSR count). The van der Waals surface area contributed by atoms with Gasteiger partial charge in [0.05, 0.1) is 5.75 Å². The minimum atomic E-state index is -3.88. The Labute approximate surface area is 99.0 Å². The second-order valence-corrected chi connectivity index (χ2v) is 6.61. The lowest BCUT2D eigenvalue weighted by atomic mass is 9.98. The van der Waals surface area contributed by atoms with Crippen molar-refractivity contribution in [1.82, 2.24) is 0 Å². The molecule has 96 valence electrons. The minimum Gasteiger partial charge on any atom is -0.396 e. The summed E-state index contributed by atoms with van der Waals surface area (Å²) in [6, 6.07) is 2.31. The van der Waals surface area contributed by atoms with E-state index in [9.17, 15) is 17.2 Å². The Hall–Kier alpha value is -1.01. The van der Waals surface area contributed by atoms with Crippen molar-refractivity contribution in [3.63, 3.8) is 0 Å². The lowest BCUT2D eigenvalue weighted by Crippen LogP contribution is -2.28. The summed E-state index contributed by atoms with van der Waals surface area (Å²) < 4.78 is 49.7. The Morgan fingerprint density at radius 3 is 2.35 bits per heavy atom. The van der Waals surface area contributed by atoms with Crippen LogP contribution in [0.4, 0.5) is 8.78 Å². The van der Waals surface area contributed by atoms with Gasteiger partial charge in [0.1, 0.15) is 16.5 Å². The molecule has 0 amide bonds. The van der Waals surface area contributed by atoms with E-state index in [4.69, 9.17) is 5.11 Å². The third-order valence-electron chi connectivity index (χ3n) is 2.24. The highest BCUT2D eigenvalue weighted by Crippen LogP contribution is 2.24. The number of hydrogen-bond acceptors (Lipinski definition) is 3. The summed E-state index contributed by atoms with van der Waals surface area (Å²) in [5.74, 6) is -2.35. The molecule has 0 saturated carbocycles. The maximum atomic E-state index is 13.3. The normalized spacial score (nSPS) is 12.8. The number of hydrogen-bond donors (Lipinski definition) is 1. The fourth-order valence-electron chi connectivity index (χ4n) is 1.37. The maximum absolute atomic E-state index is 13.3. The van der Waals surface area contributed by atoms with Gasteiger partial charge in [-0.1, -0.05) is 13.8 Å². The van der Waals surface area contributed by atoms with Gasteiger partial charge in [0.25, 0.3) is 0 Å². The summed E-state index contributed by atoms with van der Waals surface area (Å²) in [4.78, 5) is -0.541. The molecule has 0 unspecified atom stereocenters. The first kappa shape index (κ1) is 14.1. The first-order chi connectivity index (χ1) is 7.68. The predicted octanol–water partition coefficient (Wildman–Crippen LogP) is 1.76.